The number of ether oxygens (including phenoxy) is 1. The number of nitrogens with one attached hydrogen (secondary N) is 1. The summed E-state index contributed by atoms with van der Waals surface area (Å²) in [6, 6.07) is 1.59. The maximum Gasteiger partial charge on any atom is 0.407 e. The summed E-state index contributed by atoms with van der Waals surface area (Å²) in [6.07, 6.45) is 0.0529. The van der Waals surface area contributed by atoms with E-state index in [0.29, 0.717) is 28.4 Å². The van der Waals surface area contributed by atoms with E-state index in [2.05, 4.69) is 48.8 Å². The number of pyridine rings is 1. The van der Waals surface area contributed by atoms with Gasteiger partial charge in [-0.25, -0.2) is 9.78 Å². The van der Waals surface area contributed by atoms with Gasteiger partial charge in [0.05, 0.1) is 8.04 Å². The first-order valence-corrected chi connectivity index (χ1v) is 9.24. The number of halogens is 3. The fraction of sp³-hybridized carbons (Fsp3) is 0.467. The van der Waals surface area contributed by atoms with Crippen molar-refractivity contribution in [2.24, 2.45) is 0 Å². The lowest BCUT2D eigenvalue weighted by Gasteiger charge is -2.21. The van der Waals surface area contributed by atoms with E-state index in [1.807, 2.05) is 27.7 Å². The fourth-order valence-electron chi connectivity index (χ4n) is 1.99. The largest absolute Gasteiger partial charge is 0.457 e. The summed E-state index contributed by atoms with van der Waals surface area (Å²) >= 11 is 11.6. The summed E-state index contributed by atoms with van der Waals surface area (Å²) in [7, 11) is 0. The minimum Gasteiger partial charge on any atom is -0.457 e. The van der Waals surface area contributed by atoms with Crippen LogP contribution in [-0.4, -0.2) is 22.7 Å². The zero-order valence-corrected chi connectivity index (χ0v) is 17.7. The van der Waals surface area contributed by atoms with E-state index >= 15 is 0 Å². The molecule has 2 aromatic rings. The summed E-state index contributed by atoms with van der Waals surface area (Å²) in [5, 5.41) is 3.20. The normalized spacial score (nSPS) is 13.2. The number of amides is 1. The lowest BCUT2D eigenvalue weighted by atomic mass is 10.2. The molecule has 1 amide bonds. The number of rotatable bonds is 3. The lowest BCUT2D eigenvalue weighted by Crippen LogP contribution is -2.38. The Morgan fingerprint density at radius 3 is 2.83 bits per heavy atom. The number of hydrogen-bond acceptors (Lipinski definition) is 4. The van der Waals surface area contributed by atoms with Gasteiger partial charge in [-0.05, 0) is 72.3 Å². The molecule has 23 heavy (non-hydrogen) atoms. The molecule has 2 aromatic heterocycles. The zero-order valence-electron chi connectivity index (χ0n) is 13.2. The van der Waals surface area contributed by atoms with E-state index in [4.69, 9.17) is 20.8 Å². The van der Waals surface area contributed by atoms with Crippen LogP contribution in [0.4, 0.5) is 4.79 Å². The second-order valence-corrected chi connectivity index (χ2v) is 8.54. The summed E-state index contributed by atoms with van der Waals surface area (Å²) in [5.41, 5.74) is 0.836. The van der Waals surface area contributed by atoms with Crippen molar-refractivity contribution < 1.29 is 13.9 Å². The predicted octanol–water partition coefficient (Wildman–Crippen LogP) is 5.30. The molecule has 0 spiro atoms. The highest BCUT2D eigenvalue weighted by Gasteiger charge is 2.21. The number of carbonyl (C=O) groups excluding carboxylic acids is 1. The maximum absolute atomic E-state index is 11.8. The summed E-state index contributed by atoms with van der Waals surface area (Å²) in [4.78, 5) is 16.1. The number of carbonyl (C=O) groups is 1. The van der Waals surface area contributed by atoms with Gasteiger partial charge in [0.1, 0.15) is 22.0 Å². The second-order valence-electron chi connectivity index (χ2n) is 6.20. The van der Waals surface area contributed by atoms with Crippen LogP contribution in [0.25, 0.3) is 11.1 Å². The van der Waals surface area contributed by atoms with Crippen LogP contribution in [0.5, 0.6) is 0 Å². The Labute approximate surface area is 161 Å². The minimum atomic E-state index is -0.527. The molecule has 0 radical (unpaired) electrons. The molecule has 5 nitrogen and oxygen atoms in total. The van der Waals surface area contributed by atoms with Gasteiger partial charge in [0, 0.05) is 12.5 Å². The Bertz CT molecular complexity index is 742. The molecule has 0 aromatic carbocycles. The van der Waals surface area contributed by atoms with Gasteiger partial charge in [-0.3, -0.25) is 0 Å². The number of hydrogen-bond donors (Lipinski definition) is 1. The molecule has 0 fully saturated rings. The van der Waals surface area contributed by atoms with E-state index in [1.165, 1.54) is 0 Å². The topological polar surface area (TPSA) is 64.4 Å². The van der Waals surface area contributed by atoms with Crippen LogP contribution < -0.4 is 5.32 Å². The van der Waals surface area contributed by atoms with Gasteiger partial charge in [0.2, 0.25) is 0 Å². The van der Waals surface area contributed by atoms with Crippen molar-refractivity contribution in [3.8, 4) is 0 Å². The average molecular weight is 516 g/mol. The van der Waals surface area contributed by atoms with Crippen molar-refractivity contribution in [2.75, 3.05) is 0 Å². The third-order valence-corrected chi connectivity index (χ3v) is 4.64. The molecule has 0 bridgehead atoms. The number of furan rings is 1. The summed E-state index contributed by atoms with van der Waals surface area (Å²) in [6.45, 7) is 7.36. The number of fused-ring (bicyclic) bond motifs is 1. The molecular weight excluding hydrogens is 498 g/mol. The van der Waals surface area contributed by atoms with Crippen molar-refractivity contribution in [3.63, 3.8) is 0 Å². The molecular formula is C15H17BrClIN2O3. The van der Waals surface area contributed by atoms with Crippen LogP contribution >= 0.6 is 50.1 Å². The van der Waals surface area contributed by atoms with Gasteiger partial charge >= 0.3 is 6.09 Å². The zero-order chi connectivity index (χ0) is 17.4. The van der Waals surface area contributed by atoms with Crippen molar-refractivity contribution in [1.82, 2.24) is 10.3 Å². The molecule has 0 unspecified atom stereocenters. The van der Waals surface area contributed by atoms with Crippen molar-refractivity contribution in [1.29, 1.82) is 0 Å². The van der Waals surface area contributed by atoms with Gasteiger partial charge in [-0.1, -0.05) is 11.6 Å². The third kappa shape index (κ3) is 4.96. The van der Waals surface area contributed by atoms with Gasteiger partial charge in [0.25, 0.3) is 0 Å². The minimum absolute atomic E-state index is 0.158. The first-order valence-electron chi connectivity index (χ1n) is 6.99. The monoisotopic (exact) mass is 514 g/mol. The van der Waals surface area contributed by atoms with Crippen LogP contribution in [0.15, 0.2) is 15.0 Å². The van der Waals surface area contributed by atoms with E-state index < -0.39 is 11.7 Å². The van der Waals surface area contributed by atoms with Gasteiger partial charge in [0.15, 0.2) is 5.58 Å². The first-order chi connectivity index (χ1) is 10.6. The van der Waals surface area contributed by atoms with E-state index in [-0.39, 0.29) is 6.04 Å². The molecule has 126 valence electrons. The smallest absolute Gasteiger partial charge is 0.407 e. The molecule has 8 heteroatoms. The van der Waals surface area contributed by atoms with Crippen LogP contribution in [0.3, 0.4) is 0 Å². The SMILES string of the molecule is C[C@@H](Cc1oc2c(I)cc(Cl)nc2c1Br)NC(=O)OC(C)(C)C. The van der Waals surface area contributed by atoms with E-state index in [9.17, 15) is 4.79 Å². The van der Waals surface area contributed by atoms with Gasteiger partial charge < -0.3 is 14.5 Å². The lowest BCUT2D eigenvalue weighted by molar-refractivity contribution is 0.0507. The van der Waals surface area contributed by atoms with Gasteiger partial charge in [-0.15, -0.1) is 0 Å². The Morgan fingerprint density at radius 1 is 1.57 bits per heavy atom. The summed E-state index contributed by atoms with van der Waals surface area (Å²) < 4.78 is 12.8. The van der Waals surface area contributed by atoms with Crippen LogP contribution in [0.2, 0.25) is 5.15 Å². The van der Waals surface area contributed by atoms with Gasteiger partial charge in [-0.2, -0.15) is 0 Å². The van der Waals surface area contributed by atoms with E-state index in [0.717, 1.165) is 8.04 Å². The molecule has 1 atom stereocenters. The number of aromatic nitrogens is 1. The first kappa shape index (κ1) is 18.8. The fourth-order valence-corrected chi connectivity index (χ4v) is 3.54. The third-order valence-electron chi connectivity index (χ3n) is 2.83. The molecule has 2 heterocycles. The Kier molecular flexibility index (Phi) is 5.84. The molecule has 0 saturated carbocycles. The Morgan fingerprint density at radius 2 is 2.22 bits per heavy atom. The molecule has 0 aliphatic carbocycles. The van der Waals surface area contributed by atoms with Crippen molar-refractivity contribution in [2.45, 2.75) is 45.8 Å². The molecule has 0 aliphatic heterocycles. The van der Waals surface area contributed by atoms with Crippen LogP contribution in [-0.2, 0) is 11.2 Å². The maximum atomic E-state index is 11.8. The quantitative estimate of drug-likeness (QED) is 0.445. The molecule has 0 saturated heterocycles. The summed E-state index contributed by atoms with van der Waals surface area (Å²) in [5.74, 6) is 0.705. The predicted molar refractivity (Wildman–Crippen MR) is 102 cm³/mol. The Hall–Kier alpha value is -0.540. The molecule has 0 aliphatic rings. The standard InChI is InChI=1S/C15H17BrClIN2O3/c1-7(19-14(21)23-15(2,3)4)5-9-11(16)12-13(22-9)8(18)6-10(17)20-12/h6-7H,5H2,1-4H3,(H,19,21)/t7-/m0/s1. The highest BCUT2D eigenvalue weighted by molar-refractivity contribution is 14.1. The average Bonchev–Trinajstić information content (AvgIpc) is 2.65. The second kappa shape index (κ2) is 7.14. The number of alkyl carbamates (subject to hydrolysis) is 1. The Balaban J connectivity index is 2.14. The highest BCUT2D eigenvalue weighted by Crippen LogP contribution is 2.34. The van der Waals surface area contributed by atoms with Crippen LogP contribution in [0, 0.1) is 3.57 Å². The number of nitrogens with zero attached hydrogens (tertiary/aromatic N) is 1. The van der Waals surface area contributed by atoms with Crippen molar-refractivity contribution >= 4 is 67.3 Å². The van der Waals surface area contributed by atoms with E-state index in [1.54, 1.807) is 6.07 Å². The van der Waals surface area contributed by atoms with Crippen molar-refractivity contribution in [3.05, 3.63) is 25.0 Å². The van der Waals surface area contributed by atoms with Crippen LogP contribution in [0.1, 0.15) is 33.5 Å². The molecule has 2 rings (SSSR count). The highest BCUT2D eigenvalue weighted by atomic mass is 127. The molecule has 1 N–H and O–H groups in total.